The number of pyridine rings is 1. The van der Waals surface area contributed by atoms with Crippen molar-refractivity contribution in [2.75, 3.05) is 13.7 Å². The number of ether oxygens (including phenoxy) is 1. The Kier molecular flexibility index (Phi) is 4.19. The summed E-state index contributed by atoms with van der Waals surface area (Å²) in [5.74, 6) is -0.600. The van der Waals surface area contributed by atoms with E-state index in [4.69, 9.17) is 4.74 Å². The second-order valence-corrected chi connectivity index (χ2v) is 6.27. The molecule has 0 radical (unpaired) electrons. The number of nitrogens with zero attached hydrogens (tertiary/aromatic N) is 4. The molecule has 4 rings (SSSR count). The van der Waals surface area contributed by atoms with Crippen molar-refractivity contribution in [3.8, 4) is 16.8 Å². The first-order valence-corrected chi connectivity index (χ1v) is 8.63. The van der Waals surface area contributed by atoms with Gasteiger partial charge in [0, 0.05) is 25.0 Å². The monoisotopic (exact) mass is 362 g/mol. The topological polar surface area (TPSA) is 77.3 Å². The molecule has 1 amide bonds. The Hall–Kier alpha value is -3.48. The number of benzene rings is 1. The zero-order valence-electron chi connectivity index (χ0n) is 15.0. The Morgan fingerprint density at radius 2 is 2.11 bits per heavy atom. The molecule has 0 unspecified atom stereocenters. The first-order valence-electron chi connectivity index (χ1n) is 8.63. The molecule has 1 aromatic carbocycles. The van der Waals surface area contributed by atoms with Gasteiger partial charge in [-0.25, -0.2) is 9.78 Å². The highest BCUT2D eigenvalue weighted by Gasteiger charge is 2.29. The lowest BCUT2D eigenvalue weighted by Gasteiger charge is -2.15. The first kappa shape index (κ1) is 17.0. The SMILES string of the molecule is CCOC(=O)c1ncn2c1CN(C)C(=O)c1cc(-c3cccnc3)ccc1-2. The maximum atomic E-state index is 13.0. The largest absolute Gasteiger partial charge is 0.461 e. The Balaban J connectivity index is 1.87. The Morgan fingerprint density at radius 3 is 2.85 bits per heavy atom. The normalized spacial score (nSPS) is 13.0. The first-order chi connectivity index (χ1) is 13.1. The summed E-state index contributed by atoms with van der Waals surface area (Å²) in [6.07, 6.45) is 5.03. The zero-order valence-corrected chi connectivity index (χ0v) is 15.0. The molecule has 0 saturated heterocycles. The van der Waals surface area contributed by atoms with E-state index < -0.39 is 5.97 Å². The number of esters is 1. The number of rotatable bonds is 3. The van der Waals surface area contributed by atoms with Gasteiger partial charge in [0.05, 0.1) is 30.1 Å². The summed E-state index contributed by atoms with van der Waals surface area (Å²) in [4.78, 5) is 35.1. The van der Waals surface area contributed by atoms with Gasteiger partial charge in [0.25, 0.3) is 5.91 Å². The highest BCUT2D eigenvalue weighted by molar-refractivity contribution is 6.00. The molecule has 0 bridgehead atoms. The molecule has 0 atom stereocenters. The highest BCUT2D eigenvalue weighted by atomic mass is 16.5. The number of hydrogen-bond donors (Lipinski definition) is 0. The van der Waals surface area contributed by atoms with Crippen LogP contribution in [0.1, 0.15) is 33.5 Å². The van der Waals surface area contributed by atoms with Crippen molar-refractivity contribution >= 4 is 11.9 Å². The van der Waals surface area contributed by atoms with Crippen molar-refractivity contribution in [1.82, 2.24) is 19.4 Å². The zero-order chi connectivity index (χ0) is 19.0. The van der Waals surface area contributed by atoms with Crippen LogP contribution >= 0.6 is 0 Å². The van der Waals surface area contributed by atoms with Gasteiger partial charge < -0.3 is 9.64 Å². The van der Waals surface area contributed by atoms with Crippen molar-refractivity contribution in [2.45, 2.75) is 13.5 Å². The molecule has 3 aromatic rings. The number of aromatic nitrogens is 3. The van der Waals surface area contributed by atoms with Gasteiger partial charge in [0.1, 0.15) is 6.33 Å². The van der Waals surface area contributed by atoms with E-state index in [-0.39, 0.29) is 24.8 Å². The van der Waals surface area contributed by atoms with Crippen molar-refractivity contribution in [3.63, 3.8) is 0 Å². The summed E-state index contributed by atoms with van der Waals surface area (Å²) in [7, 11) is 1.71. The minimum absolute atomic E-state index is 0.116. The van der Waals surface area contributed by atoms with Crippen LogP contribution in [0.3, 0.4) is 0 Å². The molecule has 0 fully saturated rings. The summed E-state index contributed by atoms with van der Waals surface area (Å²) in [5.41, 5.74) is 3.94. The quantitative estimate of drug-likeness (QED) is 0.670. The number of amides is 1. The summed E-state index contributed by atoms with van der Waals surface area (Å²) in [5, 5.41) is 0. The van der Waals surface area contributed by atoms with Crippen molar-refractivity contribution in [2.24, 2.45) is 0 Å². The average Bonchev–Trinajstić information content (AvgIpc) is 3.07. The highest BCUT2D eigenvalue weighted by Crippen LogP contribution is 2.29. The molecule has 0 spiro atoms. The van der Waals surface area contributed by atoms with Gasteiger partial charge in [-0.1, -0.05) is 12.1 Å². The van der Waals surface area contributed by atoms with E-state index in [1.807, 2.05) is 30.3 Å². The van der Waals surface area contributed by atoms with Crippen LogP contribution in [0.4, 0.5) is 0 Å². The van der Waals surface area contributed by atoms with E-state index in [0.29, 0.717) is 16.9 Å². The van der Waals surface area contributed by atoms with Crippen LogP contribution in [-0.2, 0) is 11.3 Å². The van der Waals surface area contributed by atoms with Crippen LogP contribution < -0.4 is 0 Å². The number of hydrogen-bond acceptors (Lipinski definition) is 5. The number of imidazole rings is 1. The molecule has 0 aliphatic carbocycles. The minimum atomic E-state index is -0.484. The molecule has 1 aliphatic heterocycles. The molecule has 0 saturated carbocycles. The van der Waals surface area contributed by atoms with E-state index in [9.17, 15) is 9.59 Å². The van der Waals surface area contributed by atoms with Crippen LogP contribution in [-0.4, -0.2) is 45.0 Å². The fourth-order valence-corrected chi connectivity index (χ4v) is 3.23. The predicted molar refractivity (Wildman–Crippen MR) is 98.5 cm³/mol. The van der Waals surface area contributed by atoms with Crippen LogP contribution in [0.15, 0.2) is 49.1 Å². The lowest BCUT2D eigenvalue weighted by molar-refractivity contribution is 0.0516. The molecular formula is C20H18N4O3. The van der Waals surface area contributed by atoms with Gasteiger partial charge in [-0.3, -0.25) is 14.3 Å². The van der Waals surface area contributed by atoms with Gasteiger partial charge in [-0.05, 0) is 30.7 Å². The van der Waals surface area contributed by atoms with Crippen molar-refractivity contribution < 1.29 is 14.3 Å². The van der Waals surface area contributed by atoms with Gasteiger partial charge in [0.2, 0.25) is 0 Å². The van der Waals surface area contributed by atoms with Gasteiger partial charge in [0.15, 0.2) is 5.69 Å². The third kappa shape index (κ3) is 2.87. The molecule has 2 aromatic heterocycles. The van der Waals surface area contributed by atoms with Crippen LogP contribution in [0.2, 0.25) is 0 Å². The van der Waals surface area contributed by atoms with E-state index >= 15 is 0 Å². The Morgan fingerprint density at radius 1 is 1.26 bits per heavy atom. The molecule has 136 valence electrons. The second-order valence-electron chi connectivity index (χ2n) is 6.27. The summed E-state index contributed by atoms with van der Waals surface area (Å²) in [6.45, 7) is 2.28. The number of carbonyl (C=O) groups excluding carboxylic acids is 2. The fourth-order valence-electron chi connectivity index (χ4n) is 3.23. The van der Waals surface area contributed by atoms with E-state index in [0.717, 1.165) is 11.1 Å². The van der Waals surface area contributed by atoms with Crippen LogP contribution in [0.25, 0.3) is 16.8 Å². The molecule has 0 N–H and O–H groups in total. The minimum Gasteiger partial charge on any atom is -0.461 e. The Bertz CT molecular complexity index is 1030. The molecule has 3 heterocycles. The smallest absolute Gasteiger partial charge is 0.358 e. The van der Waals surface area contributed by atoms with Gasteiger partial charge >= 0.3 is 5.97 Å². The lowest BCUT2D eigenvalue weighted by atomic mass is 10.0. The fraction of sp³-hybridized carbons (Fsp3) is 0.200. The van der Waals surface area contributed by atoms with Crippen molar-refractivity contribution in [3.05, 3.63) is 66.0 Å². The number of fused-ring (bicyclic) bond motifs is 3. The van der Waals surface area contributed by atoms with E-state index in [1.165, 1.54) is 0 Å². The van der Waals surface area contributed by atoms with Crippen molar-refractivity contribution in [1.29, 1.82) is 0 Å². The lowest BCUT2D eigenvalue weighted by Crippen LogP contribution is -2.26. The standard InChI is InChI=1S/C20H18N4O3/c1-3-27-20(26)18-17-11-23(2)19(25)15-9-13(14-5-4-8-21-10-14)6-7-16(15)24(17)12-22-18/h4-10,12H,3,11H2,1-2H3. The van der Waals surface area contributed by atoms with E-state index in [1.54, 1.807) is 42.2 Å². The molecule has 1 aliphatic rings. The van der Waals surface area contributed by atoms with E-state index in [2.05, 4.69) is 9.97 Å². The van der Waals surface area contributed by atoms with Gasteiger partial charge in [-0.15, -0.1) is 0 Å². The molecule has 7 heteroatoms. The maximum absolute atomic E-state index is 13.0. The van der Waals surface area contributed by atoms with Crippen LogP contribution in [0, 0.1) is 0 Å². The molecule has 7 nitrogen and oxygen atoms in total. The predicted octanol–water partition coefficient (Wildman–Crippen LogP) is 2.70. The third-order valence-corrected chi connectivity index (χ3v) is 4.55. The van der Waals surface area contributed by atoms with Crippen LogP contribution in [0.5, 0.6) is 0 Å². The van der Waals surface area contributed by atoms with Gasteiger partial charge in [-0.2, -0.15) is 0 Å². The molecular weight excluding hydrogens is 344 g/mol. The summed E-state index contributed by atoms with van der Waals surface area (Å²) >= 11 is 0. The third-order valence-electron chi connectivity index (χ3n) is 4.55. The summed E-state index contributed by atoms with van der Waals surface area (Å²) in [6, 6.07) is 9.46. The second kappa shape index (κ2) is 6.68. The molecule has 27 heavy (non-hydrogen) atoms. The summed E-state index contributed by atoms with van der Waals surface area (Å²) < 4.78 is 6.88. The Labute approximate surface area is 156 Å². The number of carbonyl (C=O) groups is 2. The maximum Gasteiger partial charge on any atom is 0.358 e. The average molecular weight is 362 g/mol.